The lowest BCUT2D eigenvalue weighted by molar-refractivity contribution is -0.192. The Morgan fingerprint density at radius 1 is 1.33 bits per heavy atom. The number of rotatable bonds is 0. The normalized spacial score (nSPS) is 42.7. The summed E-state index contributed by atoms with van der Waals surface area (Å²) in [5.74, 6) is 0. The molecule has 4 nitrogen and oxygen atoms in total. The van der Waals surface area contributed by atoms with Gasteiger partial charge in [-0.1, -0.05) is 0 Å². The van der Waals surface area contributed by atoms with Crippen LogP contribution >= 0.6 is 0 Å². The summed E-state index contributed by atoms with van der Waals surface area (Å²) < 4.78 is 5.12. The van der Waals surface area contributed by atoms with E-state index < -0.39 is 8.64 Å². The van der Waals surface area contributed by atoms with Gasteiger partial charge in [-0.05, 0) is 19.0 Å². The molecule has 2 aliphatic rings. The minimum Gasteiger partial charge on any atom is -0.302 e. The van der Waals surface area contributed by atoms with Gasteiger partial charge in [0.1, 0.15) is 6.73 Å². The molecular formula is C4H10N2O2Si. The Bertz CT molecular complexity index is 91.6. The first-order valence-electron chi connectivity index (χ1n) is 3.22. The predicted octanol–water partition coefficient (Wildman–Crippen LogP) is -0.573. The molecule has 0 amide bonds. The van der Waals surface area contributed by atoms with Crippen LogP contribution in [0.4, 0.5) is 0 Å². The first kappa shape index (κ1) is 5.81. The highest BCUT2D eigenvalue weighted by molar-refractivity contribution is 6.69. The molecule has 2 N–H and O–H groups in total. The average Bonchev–Trinajstić information content (AvgIpc) is 2.45. The van der Waals surface area contributed by atoms with Crippen molar-refractivity contribution < 1.29 is 9.46 Å². The fourth-order valence-electron chi connectivity index (χ4n) is 1.24. The average molecular weight is 146 g/mol. The lowest BCUT2D eigenvalue weighted by Gasteiger charge is -2.13. The maximum Gasteiger partial charge on any atom is 0.389 e. The van der Waals surface area contributed by atoms with Crippen molar-refractivity contribution in [2.45, 2.75) is 12.5 Å². The molecule has 2 fully saturated rings. The first-order chi connectivity index (χ1) is 4.41. The van der Waals surface area contributed by atoms with E-state index in [0.717, 1.165) is 12.6 Å². The molecule has 2 aliphatic heterocycles. The van der Waals surface area contributed by atoms with E-state index >= 15 is 0 Å². The van der Waals surface area contributed by atoms with Crippen molar-refractivity contribution in [1.82, 2.24) is 9.96 Å². The molecule has 52 valence electrons. The maximum absolute atomic E-state index is 5.12. The van der Waals surface area contributed by atoms with Crippen LogP contribution in [0.25, 0.3) is 0 Å². The monoisotopic (exact) mass is 146 g/mol. The van der Waals surface area contributed by atoms with Gasteiger partial charge < -0.3 is 4.98 Å². The van der Waals surface area contributed by atoms with E-state index in [-0.39, 0.29) is 0 Å². The van der Waals surface area contributed by atoms with Crippen LogP contribution in [0.3, 0.4) is 0 Å². The Kier molecular flexibility index (Phi) is 1.31. The summed E-state index contributed by atoms with van der Waals surface area (Å²) in [5, 5.41) is 0. The van der Waals surface area contributed by atoms with E-state index in [1.807, 2.05) is 0 Å². The largest absolute Gasteiger partial charge is 0.389 e. The molecule has 1 spiro atoms. The zero-order valence-electron chi connectivity index (χ0n) is 5.14. The SMILES string of the molecule is C1CN[Si]2(C1)NCOO2. The number of hydrogen-bond acceptors (Lipinski definition) is 4. The Labute approximate surface area is 54.7 Å². The molecule has 2 saturated heterocycles. The van der Waals surface area contributed by atoms with E-state index in [2.05, 4.69) is 9.96 Å². The molecule has 0 aliphatic carbocycles. The molecule has 5 heteroatoms. The second-order valence-corrected chi connectivity index (χ2v) is 5.41. The van der Waals surface area contributed by atoms with Crippen LogP contribution in [0.15, 0.2) is 0 Å². The van der Waals surface area contributed by atoms with E-state index in [1.54, 1.807) is 0 Å². The molecule has 1 unspecified atom stereocenters. The molecule has 0 aromatic heterocycles. The van der Waals surface area contributed by atoms with Crippen LogP contribution in [0, 0.1) is 0 Å². The van der Waals surface area contributed by atoms with Gasteiger partial charge in [-0.25, -0.2) is 9.46 Å². The zero-order valence-corrected chi connectivity index (χ0v) is 6.14. The van der Waals surface area contributed by atoms with E-state index in [1.165, 1.54) is 6.42 Å². The van der Waals surface area contributed by atoms with Crippen molar-refractivity contribution in [3.05, 3.63) is 0 Å². The van der Waals surface area contributed by atoms with Gasteiger partial charge in [-0.2, -0.15) is 0 Å². The van der Waals surface area contributed by atoms with Gasteiger partial charge in [0.15, 0.2) is 0 Å². The minimum atomic E-state index is -1.69. The maximum atomic E-state index is 5.12. The molecule has 0 saturated carbocycles. The molecule has 9 heavy (non-hydrogen) atoms. The summed E-state index contributed by atoms with van der Waals surface area (Å²) in [6.45, 7) is 1.63. The molecular weight excluding hydrogens is 136 g/mol. The number of nitrogens with one attached hydrogen (secondary N) is 2. The highest BCUT2D eigenvalue weighted by atomic mass is 28.4. The highest BCUT2D eigenvalue weighted by Crippen LogP contribution is 2.17. The highest BCUT2D eigenvalue weighted by Gasteiger charge is 2.44. The van der Waals surface area contributed by atoms with Gasteiger partial charge in [0, 0.05) is 0 Å². The van der Waals surface area contributed by atoms with Gasteiger partial charge in [0.2, 0.25) is 0 Å². The fourth-order valence-corrected chi connectivity index (χ4v) is 3.73. The Hall–Kier alpha value is 0.0569. The molecule has 0 aromatic carbocycles. The number of hydrogen-bond donors (Lipinski definition) is 2. The summed E-state index contributed by atoms with van der Waals surface area (Å²) in [4.78, 5) is 11.3. The van der Waals surface area contributed by atoms with Gasteiger partial charge in [-0.15, -0.1) is 0 Å². The van der Waals surface area contributed by atoms with Crippen LogP contribution in [0.2, 0.25) is 6.04 Å². The molecule has 0 aromatic rings. The van der Waals surface area contributed by atoms with Crippen molar-refractivity contribution >= 4 is 8.64 Å². The summed E-state index contributed by atoms with van der Waals surface area (Å²) in [6.07, 6.45) is 1.21. The smallest absolute Gasteiger partial charge is 0.302 e. The third-order valence-corrected chi connectivity index (χ3v) is 4.73. The van der Waals surface area contributed by atoms with E-state index in [4.69, 9.17) is 9.46 Å². The van der Waals surface area contributed by atoms with Gasteiger partial charge in [0.25, 0.3) is 0 Å². The van der Waals surface area contributed by atoms with Crippen LogP contribution in [0.1, 0.15) is 6.42 Å². The quantitative estimate of drug-likeness (QED) is 0.355. The summed E-state index contributed by atoms with van der Waals surface area (Å²) in [6, 6.07) is 1.13. The molecule has 0 bridgehead atoms. The molecule has 0 radical (unpaired) electrons. The first-order valence-corrected chi connectivity index (χ1v) is 5.34. The summed E-state index contributed by atoms with van der Waals surface area (Å²) >= 11 is 0. The molecule has 2 heterocycles. The summed E-state index contributed by atoms with van der Waals surface area (Å²) in [7, 11) is -1.69. The second-order valence-electron chi connectivity index (χ2n) is 2.38. The van der Waals surface area contributed by atoms with E-state index in [0.29, 0.717) is 6.73 Å². The third kappa shape index (κ3) is 0.907. The fraction of sp³-hybridized carbons (Fsp3) is 1.00. The summed E-state index contributed by atoms with van der Waals surface area (Å²) in [5.41, 5.74) is 0. The van der Waals surface area contributed by atoms with Crippen molar-refractivity contribution in [1.29, 1.82) is 0 Å². The van der Waals surface area contributed by atoms with Gasteiger partial charge in [0.05, 0.1) is 0 Å². The van der Waals surface area contributed by atoms with Crippen LogP contribution < -0.4 is 9.96 Å². The minimum absolute atomic E-state index is 0.555. The van der Waals surface area contributed by atoms with Gasteiger partial charge in [-0.3, -0.25) is 4.98 Å². The Morgan fingerprint density at radius 3 is 2.89 bits per heavy atom. The Morgan fingerprint density at radius 2 is 2.33 bits per heavy atom. The van der Waals surface area contributed by atoms with Crippen molar-refractivity contribution in [2.75, 3.05) is 13.3 Å². The van der Waals surface area contributed by atoms with Crippen LogP contribution in [0.5, 0.6) is 0 Å². The topological polar surface area (TPSA) is 42.5 Å². The third-order valence-electron chi connectivity index (χ3n) is 1.73. The van der Waals surface area contributed by atoms with Crippen molar-refractivity contribution in [3.63, 3.8) is 0 Å². The van der Waals surface area contributed by atoms with Crippen LogP contribution in [-0.2, 0) is 9.46 Å². The zero-order chi connectivity index (χ0) is 6.16. The molecule has 1 atom stereocenters. The van der Waals surface area contributed by atoms with Crippen molar-refractivity contribution in [3.8, 4) is 0 Å². The molecule has 2 rings (SSSR count). The lowest BCUT2D eigenvalue weighted by Crippen LogP contribution is -2.56. The van der Waals surface area contributed by atoms with Gasteiger partial charge >= 0.3 is 8.64 Å². The van der Waals surface area contributed by atoms with Crippen molar-refractivity contribution in [2.24, 2.45) is 0 Å². The standard InChI is InChI=1S/C4H10N2O2Si/c1-2-5-9(3-1)6-4-7-8-9/h5-6H,1-4H2. The van der Waals surface area contributed by atoms with Crippen LogP contribution in [-0.4, -0.2) is 21.9 Å². The van der Waals surface area contributed by atoms with E-state index in [9.17, 15) is 0 Å². The predicted molar refractivity (Wildman–Crippen MR) is 33.4 cm³/mol. The Balaban J connectivity index is 2.04. The second kappa shape index (κ2) is 2.03. The lowest BCUT2D eigenvalue weighted by atomic mass is 10.5.